The van der Waals surface area contributed by atoms with Gasteiger partial charge in [0.1, 0.15) is 5.75 Å². The average molecular weight is 279 g/mol. The van der Waals surface area contributed by atoms with Crippen LogP contribution in [0.3, 0.4) is 0 Å². The predicted molar refractivity (Wildman–Crippen MR) is 69.5 cm³/mol. The number of nitrogens with zero attached hydrogens (tertiary/aromatic N) is 2. The molecule has 0 bridgehead atoms. The standard InChI is InChI=1S/C12H13N3O3S/c1-19(16,17)11-4-2-3-10(5-11)18-12-8-14-7-9(6-13)15-12/h2-5,7-8H,6,13H2,1H3. The molecule has 0 aliphatic carbocycles. The molecule has 2 rings (SSSR count). The highest BCUT2D eigenvalue weighted by molar-refractivity contribution is 7.90. The van der Waals surface area contributed by atoms with Crippen molar-refractivity contribution in [3.05, 3.63) is 42.4 Å². The Morgan fingerprint density at radius 1 is 1.32 bits per heavy atom. The van der Waals surface area contributed by atoms with Crippen LogP contribution in [0.4, 0.5) is 0 Å². The Kier molecular flexibility index (Phi) is 3.77. The van der Waals surface area contributed by atoms with Crippen LogP contribution in [-0.2, 0) is 16.4 Å². The fourth-order valence-corrected chi connectivity index (χ4v) is 2.08. The van der Waals surface area contributed by atoms with Crippen LogP contribution in [0.1, 0.15) is 5.69 Å². The number of sulfone groups is 1. The highest BCUT2D eigenvalue weighted by Gasteiger charge is 2.08. The van der Waals surface area contributed by atoms with Gasteiger partial charge in [-0.2, -0.15) is 0 Å². The van der Waals surface area contributed by atoms with Gasteiger partial charge in [-0.3, -0.25) is 4.98 Å². The first-order valence-corrected chi connectivity index (χ1v) is 7.37. The zero-order valence-electron chi connectivity index (χ0n) is 10.3. The zero-order valence-corrected chi connectivity index (χ0v) is 11.1. The number of benzene rings is 1. The van der Waals surface area contributed by atoms with Gasteiger partial charge >= 0.3 is 0 Å². The van der Waals surface area contributed by atoms with Crippen molar-refractivity contribution in [3.8, 4) is 11.6 Å². The maximum Gasteiger partial charge on any atom is 0.238 e. The fraction of sp³-hybridized carbons (Fsp3) is 0.167. The molecule has 0 amide bonds. The molecule has 1 heterocycles. The molecule has 1 aromatic carbocycles. The molecule has 0 aliphatic heterocycles. The third-order valence-corrected chi connectivity index (χ3v) is 3.44. The van der Waals surface area contributed by atoms with Gasteiger partial charge < -0.3 is 10.5 Å². The summed E-state index contributed by atoms with van der Waals surface area (Å²) in [5, 5.41) is 0. The van der Waals surface area contributed by atoms with Crippen molar-refractivity contribution < 1.29 is 13.2 Å². The molecule has 2 aromatic rings. The summed E-state index contributed by atoms with van der Waals surface area (Å²) in [4.78, 5) is 8.24. The van der Waals surface area contributed by atoms with Gasteiger partial charge in [-0.25, -0.2) is 13.4 Å². The monoisotopic (exact) mass is 279 g/mol. The molecule has 100 valence electrons. The predicted octanol–water partition coefficient (Wildman–Crippen LogP) is 1.13. The van der Waals surface area contributed by atoms with E-state index in [-0.39, 0.29) is 17.3 Å². The van der Waals surface area contributed by atoms with Crippen molar-refractivity contribution in [2.75, 3.05) is 6.26 Å². The summed E-state index contributed by atoms with van der Waals surface area (Å²) in [6.07, 6.45) is 4.12. The van der Waals surface area contributed by atoms with Crippen molar-refractivity contribution >= 4 is 9.84 Å². The average Bonchev–Trinajstić information content (AvgIpc) is 2.38. The largest absolute Gasteiger partial charge is 0.437 e. The summed E-state index contributed by atoms with van der Waals surface area (Å²) < 4.78 is 28.3. The van der Waals surface area contributed by atoms with Crippen LogP contribution in [0, 0.1) is 0 Å². The molecule has 6 nitrogen and oxygen atoms in total. The lowest BCUT2D eigenvalue weighted by atomic mass is 10.3. The number of aromatic nitrogens is 2. The lowest BCUT2D eigenvalue weighted by molar-refractivity contribution is 0.456. The topological polar surface area (TPSA) is 95.2 Å². The quantitative estimate of drug-likeness (QED) is 0.901. The number of ether oxygens (including phenoxy) is 1. The van der Waals surface area contributed by atoms with E-state index >= 15 is 0 Å². The van der Waals surface area contributed by atoms with Gasteiger partial charge in [-0.1, -0.05) is 6.07 Å². The minimum atomic E-state index is -3.27. The Balaban J connectivity index is 2.28. The van der Waals surface area contributed by atoms with Crippen molar-refractivity contribution in [2.24, 2.45) is 5.73 Å². The van der Waals surface area contributed by atoms with Gasteiger partial charge in [0, 0.05) is 19.0 Å². The first kappa shape index (κ1) is 13.4. The normalized spacial score (nSPS) is 11.3. The summed E-state index contributed by atoms with van der Waals surface area (Å²) in [6, 6.07) is 6.19. The van der Waals surface area contributed by atoms with Crippen LogP contribution in [0.25, 0.3) is 0 Å². The van der Waals surface area contributed by atoms with Gasteiger partial charge in [0.25, 0.3) is 0 Å². The Labute approximate surface area is 111 Å². The molecular formula is C12H13N3O3S. The second-order valence-corrected chi connectivity index (χ2v) is 5.92. The van der Waals surface area contributed by atoms with E-state index in [9.17, 15) is 8.42 Å². The van der Waals surface area contributed by atoms with E-state index < -0.39 is 9.84 Å². The van der Waals surface area contributed by atoms with E-state index in [2.05, 4.69) is 9.97 Å². The number of hydrogen-bond acceptors (Lipinski definition) is 6. The van der Waals surface area contributed by atoms with E-state index in [1.807, 2.05) is 0 Å². The minimum Gasteiger partial charge on any atom is -0.437 e. The van der Waals surface area contributed by atoms with Crippen LogP contribution >= 0.6 is 0 Å². The van der Waals surface area contributed by atoms with E-state index in [1.165, 1.54) is 18.3 Å². The van der Waals surface area contributed by atoms with Crippen molar-refractivity contribution in [1.82, 2.24) is 9.97 Å². The van der Waals surface area contributed by atoms with Gasteiger partial charge in [-0.05, 0) is 18.2 Å². The molecule has 1 aromatic heterocycles. The highest BCUT2D eigenvalue weighted by atomic mass is 32.2. The van der Waals surface area contributed by atoms with Gasteiger partial charge in [0.05, 0.1) is 16.8 Å². The molecule has 2 N–H and O–H groups in total. The third kappa shape index (κ3) is 3.49. The van der Waals surface area contributed by atoms with Crippen molar-refractivity contribution in [1.29, 1.82) is 0 Å². The maximum absolute atomic E-state index is 11.4. The zero-order chi connectivity index (χ0) is 13.9. The maximum atomic E-state index is 11.4. The molecule has 0 fully saturated rings. The molecule has 19 heavy (non-hydrogen) atoms. The third-order valence-electron chi connectivity index (χ3n) is 2.33. The first-order valence-electron chi connectivity index (χ1n) is 5.48. The minimum absolute atomic E-state index is 0.188. The molecule has 0 saturated carbocycles. The van der Waals surface area contributed by atoms with Crippen LogP contribution in [0.15, 0.2) is 41.6 Å². The molecule has 0 aliphatic rings. The Hall–Kier alpha value is -1.99. The van der Waals surface area contributed by atoms with Crippen LogP contribution in [-0.4, -0.2) is 24.6 Å². The summed E-state index contributed by atoms with van der Waals surface area (Å²) >= 11 is 0. The number of nitrogens with two attached hydrogens (primary N) is 1. The summed E-state index contributed by atoms with van der Waals surface area (Å²) in [5.74, 6) is 0.653. The van der Waals surface area contributed by atoms with Gasteiger partial charge in [-0.15, -0.1) is 0 Å². The second-order valence-electron chi connectivity index (χ2n) is 3.90. The van der Waals surface area contributed by atoms with Gasteiger partial charge in [0.15, 0.2) is 9.84 Å². The van der Waals surface area contributed by atoms with E-state index in [4.69, 9.17) is 10.5 Å². The Morgan fingerprint density at radius 2 is 2.11 bits per heavy atom. The number of rotatable bonds is 4. The van der Waals surface area contributed by atoms with E-state index in [0.717, 1.165) is 6.26 Å². The molecule has 0 unspecified atom stereocenters. The van der Waals surface area contributed by atoms with E-state index in [0.29, 0.717) is 11.4 Å². The molecule has 0 radical (unpaired) electrons. The molecule has 0 saturated heterocycles. The van der Waals surface area contributed by atoms with Gasteiger partial charge in [0.2, 0.25) is 5.88 Å². The van der Waals surface area contributed by atoms with Crippen molar-refractivity contribution in [3.63, 3.8) is 0 Å². The Bertz CT molecular complexity index is 686. The fourth-order valence-electron chi connectivity index (χ4n) is 1.42. The SMILES string of the molecule is CS(=O)(=O)c1cccc(Oc2cncc(CN)n2)c1. The molecule has 0 spiro atoms. The smallest absolute Gasteiger partial charge is 0.238 e. The number of hydrogen-bond donors (Lipinski definition) is 1. The first-order chi connectivity index (χ1) is 8.99. The van der Waals surface area contributed by atoms with Crippen LogP contribution in [0.5, 0.6) is 11.6 Å². The van der Waals surface area contributed by atoms with Crippen LogP contribution in [0.2, 0.25) is 0 Å². The van der Waals surface area contributed by atoms with E-state index in [1.54, 1.807) is 18.3 Å². The van der Waals surface area contributed by atoms with Crippen LogP contribution < -0.4 is 10.5 Å². The van der Waals surface area contributed by atoms with Crippen molar-refractivity contribution in [2.45, 2.75) is 11.4 Å². The summed E-state index contributed by atoms with van der Waals surface area (Å²) in [7, 11) is -3.27. The lowest BCUT2D eigenvalue weighted by Gasteiger charge is -2.06. The summed E-state index contributed by atoms with van der Waals surface area (Å²) in [6.45, 7) is 0.258. The Morgan fingerprint density at radius 3 is 2.79 bits per heavy atom. The molecule has 7 heteroatoms. The lowest BCUT2D eigenvalue weighted by Crippen LogP contribution is -2.02. The molecular weight excluding hydrogens is 266 g/mol. The molecule has 0 atom stereocenters. The highest BCUT2D eigenvalue weighted by Crippen LogP contribution is 2.22. The summed E-state index contributed by atoms with van der Waals surface area (Å²) in [5.41, 5.74) is 6.05. The second kappa shape index (κ2) is 5.33.